The van der Waals surface area contributed by atoms with Gasteiger partial charge in [-0.1, -0.05) is 50.2 Å². The van der Waals surface area contributed by atoms with Gasteiger partial charge in [-0.2, -0.15) is 0 Å². The van der Waals surface area contributed by atoms with Gasteiger partial charge in [-0.15, -0.1) is 0 Å². The van der Waals surface area contributed by atoms with Crippen molar-refractivity contribution in [1.82, 2.24) is 0 Å². The molecule has 0 radical (unpaired) electrons. The number of aryl methyl sites for hydroxylation is 1. The molecule has 0 aromatic heterocycles. The Labute approximate surface area is 148 Å². The molecule has 1 atom stereocenters. The first-order chi connectivity index (χ1) is 11.9. The van der Waals surface area contributed by atoms with Crippen molar-refractivity contribution >= 4 is 11.9 Å². The standard InChI is InChI=1S/C21H24O4/c1-14(2)9-10-16-11-12-18(19(22)13-16)21(24)25-20(23)15(3)17-7-5-4-6-8-17/h4-8,11-15,22H,9-10H2,1-3H3/t15-/m0/s1. The van der Waals surface area contributed by atoms with Gasteiger partial charge in [0.25, 0.3) is 0 Å². The van der Waals surface area contributed by atoms with Gasteiger partial charge in [-0.05, 0) is 48.9 Å². The number of carbonyl (C=O) groups is 2. The topological polar surface area (TPSA) is 63.6 Å². The van der Waals surface area contributed by atoms with E-state index in [0.717, 1.165) is 24.0 Å². The second-order valence-corrected chi connectivity index (χ2v) is 6.62. The third kappa shape index (κ3) is 5.18. The lowest BCUT2D eigenvalue weighted by atomic mass is 10.0. The molecule has 25 heavy (non-hydrogen) atoms. The van der Waals surface area contributed by atoms with Crippen molar-refractivity contribution in [2.75, 3.05) is 0 Å². The summed E-state index contributed by atoms with van der Waals surface area (Å²) in [5.41, 5.74) is 1.72. The number of aromatic hydroxyl groups is 1. The maximum atomic E-state index is 12.2. The van der Waals surface area contributed by atoms with E-state index in [1.165, 1.54) is 6.07 Å². The van der Waals surface area contributed by atoms with Gasteiger partial charge in [0.2, 0.25) is 0 Å². The Kier molecular flexibility index (Phi) is 6.34. The average molecular weight is 340 g/mol. The Balaban J connectivity index is 2.04. The molecule has 0 aliphatic carbocycles. The van der Waals surface area contributed by atoms with Crippen LogP contribution in [0.5, 0.6) is 5.75 Å². The van der Waals surface area contributed by atoms with Crippen molar-refractivity contribution < 1.29 is 19.4 Å². The summed E-state index contributed by atoms with van der Waals surface area (Å²) in [4.78, 5) is 24.3. The van der Waals surface area contributed by atoms with E-state index in [1.807, 2.05) is 18.2 Å². The van der Waals surface area contributed by atoms with Crippen LogP contribution < -0.4 is 0 Å². The molecule has 0 fully saturated rings. The van der Waals surface area contributed by atoms with Crippen molar-refractivity contribution in [2.45, 2.75) is 39.5 Å². The highest BCUT2D eigenvalue weighted by Crippen LogP contribution is 2.23. The van der Waals surface area contributed by atoms with Crippen LogP contribution in [0.2, 0.25) is 0 Å². The SMILES string of the molecule is CC(C)CCc1ccc(C(=O)OC(=O)[C@@H](C)c2ccccc2)c(O)c1. The maximum Gasteiger partial charge on any atom is 0.349 e. The number of phenols is 1. The van der Waals surface area contributed by atoms with E-state index in [4.69, 9.17) is 4.74 Å². The van der Waals surface area contributed by atoms with Gasteiger partial charge in [0.1, 0.15) is 11.3 Å². The van der Waals surface area contributed by atoms with Crippen LogP contribution in [0, 0.1) is 5.92 Å². The molecule has 132 valence electrons. The van der Waals surface area contributed by atoms with Crippen molar-refractivity contribution in [2.24, 2.45) is 5.92 Å². The molecule has 2 aromatic rings. The van der Waals surface area contributed by atoms with Gasteiger partial charge < -0.3 is 9.84 Å². The quantitative estimate of drug-likeness (QED) is 0.622. The molecular weight excluding hydrogens is 316 g/mol. The smallest absolute Gasteiger partial charge is 0.349 e. The van der Waals surface area contributed by atoms with Gasteiger partial charge in [-0.3, -0.25) is 4.79 Å². The highest BCUT2D eigenvalue weighted by atomic mass is 16.6. The van der Waals surface area contributed by atoms with Crippen LogP contribution >= 0.6 is 0 Å². The van der Waals surface area contributed by atoms with Crippen LogP contribution in [-0.2, 0) is 16.0 Å². The Morgan fingerprint density at radius 3 is 2.32 bits per heavy atom. The molecular formula is C21H24O4. The van der Waals surface area contributed by atoms with Gasteiger partial charge >= 0.3 is 11.9 Å². The number of esters is 2. The Morgan fingerprint density at radius 2 is 1.72 bits per heavy atom. The molecule has 1 N–H and O–H groups in total. The fourth-order valence-electron chi connectivity index (χ4n) is 2.47. The fraction of sp³-hybridized carbons (Fsp3) is 0.333. The van der Waals surface area contributed by atoms with Crippen molar-refractivity contribution in [3.05, 3.63) is 65.2 Å². The number of rotatable bonds is 6. The number of hydrogen-bond donors (Lipinski definition) is 1. The summed E-state index contributed by atoms with van der Waals surface area (Å²) < 4.78 is 4.93. The summed E-state index contributed by atoms with van der Waals surface area (Å²) >= 11 is 0. The third-order valence-electron chi connectivity index (χ3n) is 4.14. The Bertz CT molecular complexity index is 735. The fourth-order valence-corrected chi connectivity index (χ4v) is 2.47. The summed E-state index contributed by atoms with van der Waals surface area (Å²) in [6, 6.07) is 14.0. The first kappa shape index (κ1) is 18.7. The number of phenolic OH excluding ortho intramolecular Hbond substituents is 1. The molecule has 2 rings (SSSR count). The molecule has 0 bridgehead atoms. The number of ether oxygens (including phenoxy) is 1. The van der Waals surface area contributed by atoms with E-state index in [-0.39, 0.29) is 11.3 Å². The lowest BCUT2D eigenvalue weighted by Crippen LogP contribution is -2.18. The van der Waals surface area contributed by atoms with Crippen LogP contribution in [0.3, 0.4) is 0 Å². The second-order valence-electron chi connectivity index (χ2n) is 6.62. The molecule has 0 saturated heterocycles. The zero-order valence-corrected chi connectivity index (χ0v) is 14.9. The van der Waals surface area contributed by atoms with E-state index in [0.29, 0.717) is 5.92 Å². The molecule has 0 spiro atoms. The van der Waals surface area contributed by atoms with Gasteiger partial charge in [0, 0.05) is 0 Å². The molecule has 2 aromatic carbocycles. The van der Waals surface area contributed by atoms with E-state index in [2.05, 4.69) is 13.8 Å². The summed E-state index contributed by atoms with van der Waals surface area (Å²) in [7, 11) is 0. The molecule has 0 amide bonds. The predicted molar refractivity (Wildman–Crippen MR) is 96.5 cm³/mol. The summed E-state index contributed by atoms with van der Waals surface area (Å²) in [6.45, 7) is 5.94. The molecule has 0 aliphatic heterocycles. The van der Waals surface area contributed by atoms with E-state index in [9.17, 15) is 14.7 Å². The van der Waals surface area contributed by atoms with Crippen molar-refractivity contribution in [1.29, 1.82) is 0 Å². The van der Waals surface area contributed by atoms with Gasteiger partial charge in [-0.25, -0.2) is 4.79 Å². The minimum atomic E-state index is -0.833. The first-order valence-corrected chi connectivity index (χ1v) is 8.51. The second kappa shape index (κ2) is 8.47. The zero-order chi connectivity index (χ0) is 18.4. The zero-order valence-electron chi connectivity index (χ0n) is 14.9. The Morgan fingerprint density at radius 1 is 1.04 bits per heavy atom. The van der Waals surface area contributed by atoms with E-state index >= 15 is 0 Å². The van der Waals surface area contributed by atoms with Gasteiger partial charge in [0.15, 0.2) is 0 Å². The third-order valence-corrected chi connectivity index (χ3v) is 4.14. The van der Waals surface area contributed by atoms with Crippen LogP contribution in [0.1, 0.15) is 54.6 Å². The molecule has 0 unspecified atom stereocenters. The summed E-state index contributed by atoms with van der Waals surface area (Å²) in [6.07, 6.45) is 1.82. The summed E-state index contributed by atoms with van der Waals surface area (Å²) in [5.74, 6) is -1.63. The van der Waals surface area contributed by atoms with Crippen LogP contribution in [0.4, 0.5) is 0 Å². The minimum absolute atomic E-state index is 0.00177. The molecule has 0 heterocycles. The summed E-state index contributed by atoms with van der Waals surface area (Å²) in [5, 5.41) is 10.1. The molecule has 0 aliphatic rings. The van der Waals surface area contributed by atoms with Crippen LogP contribution in [0.25, 0.3) is 0 Å². The normalized spacial score (nSPS) is 12.0. The van der Waals surface area contributed by atoms with E-state index in [1.54, 1.807) is 31.2 Å². The number of benzene rings is 2. The van der Waals surface area contributed by atoms with Crippen molar-refractivity contribution in [3.63, 3.8) is 0 Å². The first-order valence-electron chi connectivity index (χ1n) is 8.51. The number of carbonyl (C=O) groups excluding carboxylic acids is 2. The largest absolute Gasteiger partial charge is 0.507 e. The highest BCUT2D eigenvalue weighted by molar-refractivity contribution is 6.00. The average Bonchev–Trinajstić information content (AvgIpc) is 2.59. The lowest BCUT2D eigenvalue weighted by molar-refractivity contribution is -0.139. The number of hydrogen-bond acceptors (Lipinski definition) is 4. The maximum absolute atomic E-state index is 12.2. The predicted octanol–water partition coefficient (Wildman–Crippen LogP) is 4.47. The lowest BCUT2D eigenvalue weighted by Gasteiger charge is -2.12. The van der Waals surface area contributed by atoms with Gasteiger partial charge in [0.05, 0.1) is 5.92 Å². The molecule has 4 heteroatoms. The Hall–Kier alpha value is -2.62. The van der Waals surface area contributed by atoms with E-state index < -0.39 is 17.9 Å². The monoisotopic (exact) mass is 340 g/mol. The van der Waals surface area contributed by atoms with Crippen molar-refractivity contribution in [3.8, 4) is 5.75 Å². The molecule has 4 nitrogen and oxygen atoms in total. The highest BCUT2D eigenvalue weighted by Gasteiger charge is 2.22. The minimum Gasteiger partial charge on any atom is -0.507 e. The molecule has 0 saturated carbocycles. The van der Waals surface area contributed by atoms with Crippen LogP contribution in [-0.4, -0.2) is 17.0 Å². The van der Waals surface area contributed by atoms with Crippen LogP contribution in [0.15, 0.2) is 48.5 Å².